The summed E-state index contributed by atoms with van der Waals surface area (Å²) in [5.74, 6) is 0.328. The second kappa shape index (κ2) is 5.88. The third-order valence-corrected chi connectivity index (χ3v) is 3.63. The van der Waals surface area contributed by atoms with Crippen molar-refractivity contribution in [2.45, 2.75) is 25.3 Å². The first kappa shape index (κ1) is 14.1. The van der Waals surface area contributed by atoms with Crippen LogP contribution in [-0.2, 0) is 6.42 Å². The van der Waals surface area contributed by atoms with Gasteiger partial charge in [-0.3, -0.25) is 4.79 Å². The number of amides is 3. The molecule has 0 fully saturated rings. The number of aromatic nitrogens is 1. The molecule has 0 radical (unpaired) electrons. The van der Waals surface area contributed by atoms with Crippen LogP contribution in [-0.4, -0.2) is 16.9 Å². The number of anilines is 1. The zero-order valence-corrected chi connectivity index (χ0v) is 11.8. The maximum absolute atomic E-state index is 12.1. The molecule has 0 aliphatic heterocycles. The molecule has 1 aliphatic rings. The van der Waals surface area contributed by atoms with Crippen LogP contribution in [0, 0.1) is 0 Å². The van der Waals surface area contributed by atoms with Gasteiger partial charge in [0.15, 0.2) is 0 Å². The van der Waals surface area contributed by atoms with Gasteiger partial charge in [-0.2, -0.15) is 0 Å². The van der Waals surface area contributed by atoms with Crippen LogP contribution in [0.3, 0.4) is 0 Å². The first-order valence-corrected chi connectivity index (χ1v) is 7.03. The van der Waals surface area contributed by atoms with Gasteiger partial charge in [-0.25, -0.2) is 9.78 Å². The Morgan fingerprint density at radius 2 is 2.18 bits per heavy atom. The summed E-state index contributed by atoms with van der Waals surface area (Å²) in [6, 6.07) is 4.56. The van der Waals surface area contributed by atoms with Gasteiger partial charge in [-0.15, -0.1) is 0 Å². The number of rotatable bonds is 3. The van der Waals surface area contributed by atoms with Crippen LogP contribution < -0.4 is 16.4 Å². The lowest BCUT2D eigenvalue weighted by molar-refractivity contribution is 0.0995. The van der Waals surface area contributed by atoms with Crippen molar-refractivity contribution < 1.29 is 14.0 Å². The SMILES string of the molecule is NC(=O)c1ccc(NC(=O)N[C@H]2CCCc3occc32)cn1. The van der Waals surface area contributed by atoms with Crippen molar-refractivity contribution in [2.24, 2.45) is 5.73 Å². The molecule has 0 spiro atoms. The molecule has 114 valence electrons. The summed E-state index contributed by atoms with van der Waals surface area (Å²) in [7, 11) is 0. The summed E-state index contributed by atoms with van der Waals surface area (Å²) in [5, 5.41) is 5.60. The molecule has 0 aromatic carbocycles. The molecule has 4 N–H and O–H groups in total. The Labute approximate surface area is 126 Å². The molecule has 0 bridgehead atoms. The molecule has 7 nitrogen and oxygen atoms in total. The highest BCUT2D eigenvalue weighted by atomic mass is 16.3. The Hall–Kier alpha value is -2.83. The lowest BCUT2D eigenvalue weighted by atomic mass is 9.93. The minimum absolute atomic E-state index is 0.0552. The van der Waals surface area contributed by atoms with Crippen molar-refractivity contribution in [2.75, 3.05) is 5.32 Å². The average Bonchev–Trinajstić information content (AvgIpc) is 2.97. The fourth-order valence-corrected chi connectivity index (χ4v) is 2.58. The fourth-order valence-electron chi connectivity index (χ4n) is 2.58. The predicted octanol–water partition coefficient (Wildman–Crippen LogP) is 1.97. The highest BCUT2D eigenvalue weighted by molar-refractivity contribution is 5.92. The standard InChI is InChI=1S/C15H16N4O3/c16-14(20)12-5-4-9(8-17-12)18-15(21)19-11-2-1-3-13-10(11)6-7-22-13/h4-8,11H,1-3H2,(H2,16,20)(H2,18,19,21)/t11-/m0/s1. The van der Waals surface area contributed by atoms with Crippen molar-refractivity contribution in [1.29, 1.82) is 0 Å². The third kappa shape index (κ3) is 2.93. The van der Waals surface area contributed by atoms with Crippen LogP contribution in [0.4, 0.5) is 10.5 Å². The summed E-state index contributed by atoms with van der Waals surface area (Å²) in [6.07, 6.45) is 5.79. The number of urea groups is 1. The smallest absolute Gasteiger partial charge is 0.319 e. The number of furan rings is 1. The number of pyridine rings is 1. The Morgan fingerprint density at radius 3 is 2.91 bits per heavy atom. The van der Waals surface area contributed by atoms with Gasteiger partial charge in [0.1, 0.15) is 11.5 Å². The van der Waals surface area contributed by atoms with E-state index in [1.807, 2.05) is 6.07 Å². The summed E-state index contributed by atoms with van der Waals surface area (Å²) in [5.41, 5.74) is 6.79. The number of aryl methyl sites for hydroxylation is 1. The Bertz CT molecular complexity index is 693. The number of fused-ring (bicyclic) bond motifs is 1. The molecular formula is C15H16N4O3. The number of nitrogens with one attached hydrogen (secondary N) is 2. The minimum Gasteiger partial charge on any atom is -0.469 e. The van der Waals surface area contributed by atoms with Crippen LogP contribution in [0.5, 0.6) is 0 Å². The topological polar surface area (TPSA) is 110 Å². The minimum atomic E-state index is -0.606. The van der Waals surface area contributed by atoms with Gasteiger partial charge < -0.3 is 20.8 Å². The van der Waals surface area contributed by atoms with Crippen molar-refractivity contribution >= 4 is 17.6 Å². The number of carbonyl (C=O) groups is 2. The van der Waals surface area contributed by atoms with Crippen LogP contribution in [0.1, 0.15) is 40.7 Å². The molecule has 3 amide bonds. The van der Waals surface area contributed by atoms with E-state index in [9.17, 15) is 9.59 Å². The zero-order chi connectivity index (χ0) is 15.5. The molecule has 3 rings (SSSR count). The van der Waals surface area contributed by atoms with Gasteiger partial charge in [0.2, 0.25) is 0 Å². The van der Waals surface area contributed by atoms with Crippen LogP contribution in [0.25, 0.3) is 0 Å². The zero-order valence-electron chi connectivity index (χ0n) is 11.8. The molecule has 1 atom stereocenters. The van der Waals surface area contributed by atoms with Crippen molar-refractivity contribution in [3.8, 4) is 0 Å². The molecular weight excluding hydrogens is 284 g/mol. The normalized spacial score (nSPS) is 16.6. The van der Waals surface area contributed by atoms with Crippen molar-refractivity contribution in [1.82, 2.24) is 10.3 Å². The van der Waals surface area contributed by atoms with Gasteiger partial charge in [0, 0.05) is 12.0 Å². The van der Waals surface area contributed by atoms with E-state index >= 15 is 0 Å². The predicted molar refractivity (Wildman–Crippen MR) is 79.3 cm³/mol. The van der Waals surface area contributed by atoms with Gasteiger partial charge in [-0.1, -0.05) is 0 Å². The Morgan fingerprint density at radius 1 is 1.32 bits per heavy atom. The second-order valence-corrected chi connectivity index (χ2v) is 5.14. The maximum atomic E-state index is 12.1. The first-order valence-electron chi connectivity index (χ1n) is 7.03. The van der Waals surface area contributed by atoms with E-state index in [0.717, 1.165) is 30.6 Å². The summed E-state index contributed by atoms with van der Waals surface area (Å²) in [6.45, 7) is 0. The number of nitrogens with two attached hydrogens (primary N) is 1. The third-order valence-electron chi connectivity index (χ3n) is 3.63. The highest BCUT2D eigenvalue weighted by Gasteiger charge is 2.23. The van der Waals surface area contributed by atoms with Crippen molar-refractivity contribution in [3.05, 3.63) is 47.7 Å². The largest absolute Gasteiger partial charge is 0.469 e. The Balaban J connectivity index is 1.63. The van der Waals surface area contributed by atoms with Crippen LogP contribution >= 0.6 is 0 Å². The van der Waals surface area contributed by atoms with Crippen LogP contribution in [0.15, 0.2) is 35.1 Å². The summed E-state index contributed by atoms with van der Waals surface area (Å²) >= 11 is 0. The maximum Gasteiger partial charge on any atom is 0.319 e. The molecule has 0 saturated carbocycles. The van der Waals surface area contributed by atoms with E-state index in [4.69, 9.17) is 10.2 Å². The lowest BCUT2D eigenvalue weighted by Crippen LogP contribution is -2.34. The number of hydrogen-bond acceptors (Lipinski definition) is 4. The quantitative estimate of drug-likeness (QED) is 0.804. The fraction of sp³-hybridized carbons (Fsp3) is 0.267. The molecule has 0 saturated heterocycles. The molecule has 2 aromatic heterocycles. The number of hydrogen-bond donors (Lipinski definition) is 3. The number of carbonyl (C=O) groups excluding carboxylic acids is 2. The monoisotopic (exact) mass is 300 g/mol. The van der Waals surface area contributed by atoms with Crippen molar-refractivity contribution in [3.63, 3.8) is 0 Å². The van der Waals surface area contributed by atoms with E-state index in [1.165, 1.54) is 12.3 Å². The molecule has 7 heteroatoms. The summed E-state index contributed by atoms with van der Waals surface area (Å²) in [4.78, 5) is 26.9. The second-order valence-electron chi connectivity index (χ2n) is 5.14. The highest BCUT2D eigenvalue weighted by Crippen LogP contribution is 2.30. The first-order chi connectivity index (χ1) is 10.6. The molecule has 1 aliphatic carbocycles. The number of nitrogens with zero attached hydrogens (tertiary/aromatic N) is 1. The summed E-state index contributed by atoms with van der Waals surface area (Å²) < 4.78 is 5.40. The van der Waals surface area contributed by atoms with E-state index in [2.05, 4.69) is 15.6 Å². The molecule has 2 heterocycles. The number of primary amides is 1. The lowest BCUT2D eigenvalue weighted by Gasteiger charge is -2.22. The van der Waals surface area contributed by atoms with E-state index in [0.29, 0.717) is 5.69 Å². The van der Waals surface area contributed by atoms with E-state index < -0.39 is 5.91 Å². The van der Waals surface area contributed by atoms with Gasteiger partial charge in [-0.05, 0) is 31.0 Å². The molecule has 22 heavy (non-hydrogen) atoms. The average molecular weight is 300 g/mol. The van der Waals surface area contributed by atoms with Gasteiger partial charge in [0.05, 0.1) is 24.2 Å². The van der Waals surface area contributed by atoms with Gasteiger partial charge in [0.25, 0.3) is 5.91 Å². The molecule has 0 unspecified atom stereocenters. The van der Waals surface area contributed by atoms with Gasteiger partial charge >= 0.3 is 6.03 Å². The van der Waals surface area contributed by atoms with Crippen LogP contribution in [0.2, 0.25) is 0 Å². The molecule has 2 aromatic rings. The van der Waals surface area contributed by atoms with E-state index in [1.54, 1.807) is 12.3 Å². The van der Waals surface area contributed by atoms with E-state index in [-0.39, 0.29) is 17.8 Å². The Kier molecular flexibility index (Phi) is 3.78.